The van der Waals surface area contributed by atoms with Gasteiger partial charge in [0.1, 0.15) is 5.75 Å². The molecule has 2 aromatic rings. The van der Waals surface area contributed by atoms with E-state index in [0.717, 1.165) is 11.3 Å². The highest BCUT2D eigenvalue weighted by atomic mass is 16.5. The first-order valence-corrected chi connectivity index (χ1v) is 9.38. The maximum atomic E-state index is 11.8. The van der Waals surface area contributed by atoms with Gasteiger partial charge in [0.25, 0.3) is 0 Å². The minimum Gasteiger partial charge on any atom is -0.493 e. The molecule has 3 rings (SSSR count). The fourth-order valence-corrected chi connectivity index (χ4v) is 3.30. The van der Waals surface area contributed by atoms with E-state index in [1.165, 1.54) is 7.11 Å². The molecule has 6 nitrogen and oxygen atoms in total. The number of hydrogen-bond donors (Lipinski definition) is 1. The summed E-state index contributed by atoms with van der Waals surface area (Å²) in [6.07, 6.45) is -0.274. The Hall–Kier alpha value is -2.73. The van der Waals surface area contributed by atoms with Gasteiger partial charge in [0.15, 0.2) is 11.5 Å². The number of para-hydroxylation sites is 1. The van der Waals surface area contributed by atoms with E-state index >= 15 is 0 Å². The quantitative estimate of drug-likeness (QED) is 0.848. The standard InChI is InChI=1S/C20H23NO4.C2H6O/c1-14-12-21(20(22)24-3)13-17(14)15-9-10-18(23-2)19(11-15)25-16-7-5-4-6-8-16;1-2-3/h4-11,14,17H,12-13H2,1-3H3;3H,2H2,1H3/t14-,17+;/m0./s1. The third-order valence-electron chi connectivity index (χ3n) is 4.63. The van der Waals surface area contributed by atoms with Gasteiger partial charge in [-0.2, -0.15) is 0 Å². The normalized spacial score (nSPS) is 18.1. The fraction of sp³-hybridized carbons (Fsp3) is 0.409. The van der Waals surface area contributed by atoms with Crippen LogP contribution in [0.25, 0.3) is 0 Å². The molecule has 152 valence electrons. The lowest BCUT2D eigenvalue weighted by molar-refractivity contribution is 0.131. The number of ether oxygens (including phenoxy) is 3. The van der Waals surface area contributed by atoms with Crippen LogP contribution < -0.4 is 9.47 Å². The SMILES string of the molecule is CCO.COC(=O)N1C[C@H](C)[C@H](c2ccc(OC)c(Oc3ccccc3)c2)C1. The zero-order chi connectivity index (χ0) is 20.5. The van der Waals surface area contributed by atoms with E-state index in [9.17, 15) is 4.79 Å². The summed E-state index contributed by atoms with van der Waals surface area (Å²) in [5, 5.41) is 7.57. The Labute approximate surface area is 166 Å². The van der Waals surface area contributed by atoms with Crippen LogP contribution in [-0.2, 0) is 4.74 Å². The molecule has 6 heteroatoms. The fourth-order valence-electron chi connectivity index (χ4n) is 3.30. The summed E-state index contributed by atoms with van der Waals surface area (Å²) < 4.78 is 16.3. The number of methoxy groups -OCH3 is 2. The van der Waals surface area contributed by atoms with Crippen molar-refractivity contribution < 1.29 is 24.1 Å². The number of rotatable bonds is 4. The van der Waals surface area contributed by atoms with Gasteiger partial charge in [0.05, 0.1) is 14.2 Å². The molecule has 1 aliphatic rings. The van der Waals surface area contributed by atoms with Crippen molar-refractivity contribution in [2.75, 3.05) is 33.9 Å². The second-order valence-corrected chi connectivity index (χ2v) is 6.60. The third kappa shape index (κ3) is 5.39. The largest absolute Gasteiger partial charge is 0.493 e. The number of carbonyl (C=O) groups excluding carboxylic acids is 1. The van der Waals surface area contributed by atoms with Gasteiger partial charge >= 0.3 is 6.09 Å². The molecule has 2 aromatic carbocycles. The lowest BCUT2D eigenvalue weighted by Crippen LogP contribution is -2.28. The van der Waals surface area contributed by atoms with Crippen molar-refractivity contribution in [3.8, 4) is 17.2 Å². The monoisotopic (exact) mass is 387 g/mol. The van der Waals surface area contributed by atoms with Gasteiger partial charge in [-0.3, -0.25) is 0 Å². The average Bonchev–Trinajstić information content (AvgIpc) is 3.10. The molecule has 2 atom stereocenters. The Kier molecular flexibility index (Phi) is 8.14. The van der Waals surface area contributed by atoms with Crippen LogP contribution in [0.15, 0.2) is 48.5 Å². The highest BCUT2D eigenvalue weighted by Crippen LogP contribution is 2.38. The van der Waals surface area contributed by atoms with Crippen molar-refractivity contribution >= 4 is 6.09 Å². The second-order valence-electron chi connectivity index (χ2n) is 6.60. The van der Waals surface area contributed by atoms with Crippen LogP contribution >= 0.6 is 0 Å². The molecule has 0 radical (unpaired) electrons. The molecule has 0 spiro atoms. The molecular weight excluding hydrogens is 358 g/mol. The van der Waals surface area contributed by atoms with Crippen molar-refractivity contribution in [2.24, 2.45) is 5.92 Å². The van der Waals surface area contributed by atoms with E-state index in [1.54, 1.807) is 18.9 Å². The average molecular weight is 387 g/mol. The molecule has 1 saturated heterocycles. The van der Waals surface area contributed by atoms with Crippen LogP contribution in [0.4, 0.5) is 4.79 Å². The third-order valence-corrected chi connectivity index (χ3v) is 4.63. The Balaban J connectivity index is 0.000000878. The van der Waals surface area contributed by atoms with Gasteiger partial charge in [-0.25, -0.2) is 4.79 Å². The highest BCUT2D eigenvalue weighted by molar-refractivity contribution is 5.68. The maximum Gasteiger partial charge on any atom is 0.409 e. The van der Waals surface area contributed by atoms with Crippen molar-refractivity contribution in [2.45, 2.75) is 19.8 Å². The van der Waals surface area contributed by atoms with E-state index in [1.807, 2.05) is 48.5 Å². The summed E-state index contributed by atoms with van der Waals surface area (Å²) in [6.45, 7) is 5.42. The lowest BCUT2D eigenvalue weighted by atomic mass is 9.90. The molecule has 0 bridgehead atoms. The number of carbonyl (C=O) groups is 1. The van der Waals surface area contributed by atoms with E-state index in [2.05, 4.69) is 6.92 Å². The van der Waals surface area contributed by atoms with Crippen LogP contribution in [0, 0.1) is 5.92 Å². The van der Waals surface area contributed by atoms with E-state index in [-0.39, 0.29) is 18.6 Å². The molecule has 0 unspecified atom stereocenters. The van der Waals surface area contributed by atoms with Gasteiger partial charge in [0, 0.05) is 25.6 Å². The predicted molar refractivity (Wildman–Crippen MR) is 108 cm³/mol. The number of aliphatic hydroxyl groups excluding tert-OH is 1. The first-order chi connectivity index (χ1) is 13.5. The first-order valence-electron chi connectivity index (χ1n) is 9.38. The Bertz CT molecular complexity index is 750. The predicted octanol–water partition coefficient (Wildman–Crippen LogP) is 4.29. The molecule has 1 aliphatic heterocycles. The highest BCUT2D eigenvalue weighted by Gasteiger charge is 2.34. The van der Waals surface area contributed by atoms with Crippen molar-refractivity contribution in [3.05, 3.63) is 54.1 Å². The summed E-state index contributed by atoms with van der Waals surface area (Å²) in [5.41, 5.74) is 1.13. The molecule has 28 heavy (non-hydrogen) atoms. The zero-order valence-corrected chi connectivity index (χ0v) is 16.9. The summed E-state index contributed by atoms with van der Waals surface area (Å²) in [4.78, 5) is 13.6. The van der Waals surface area contributed by atoms with Crippen LogP contribution in [0.2, 0.25) is 0 Å². The van der Waals surface area contributed by atoms with Gasteiger partial charge < -0.3 is 24.2 Å². The number of aliphatic hydroxyl groups is 1. The van der Waals surface area contributed by atoms with E-state index in [4.69, 9.17) is 19.3 Å². The van der Waals surface area contributed by atoms with E-state index in [0.29, 0.717) is 30.5 Å². The molecule has 1 heterocycles. The van der Waals surface area contributed by atoms with Crippen LogP contribution in [0.5, 0.6) is 17.2 Å². The number of likely N-dealkylation sites (tertiary alicyclic amines) is 1. The van der Waals surface area contributed by atoms with Crippen molar-refractivity contribution in [1.29, 1.82) is 0 Å². The second kappa shape index (κ2) is 10.6. The summed E-state index contributed by atoms with van der Waals surface area (Å²) >= 11 is 0. The molecule has 0 saturated carbocycles. The summed E-state index contributed by atoms with van der Waals surface area (Å²) in [7, 11) is 3.05. The first kappa shape index (κ1) is 21.6. The molecule has 1 fully saturated rings. The smallest absolute Gasteiger partial charge is 0.409 e. The number of nitrogens with zero attached hydrogens (tertiary/aromatic N) is 1. The molecule has 1 amide bonds. The lowest BCUT2D eigenvalue weighted by Gasteiger charge is -2.18. The van der Waals surface area contributed by atoms with Crippen LogP contribution in [0.1, 0.15) is 25.3 Å². The van der Waals surface area contributed by atoms with E-state index < -0.39 is 0 Å². The molecule has 0 aromatic heterocycles. The zero-order valence-electron chi connectivity index (χ0n) is 16.9. The number of amides is 1. The van der Waals surface area contributed by atoms with Crippen LogP contribution in [-0.4, -0.2) is 50.0 Å². The van der Waals surface area contributed by atoms with Gasteiger partial charge in [-0.1, -0.05) is 31.2 Å². The number of hydrogen-bond acceptors (Lipinski definition) is 5. The maximum absolute atomic E-state index is 11.8. The molecular formula is C22H29NO5. The van der Waals surface area contributed by atoms with Gasteiger partial charge in [-0.15, -0.1) is 0 Å². The Morgan fingerprint density at radius 1 is 1.11 bits per heavy atom. The van der Waals surface area contributed by atoms with Crippen LogP contribution in [0.3, 0.4) is 0 Å². The number of benzene rings is 2. The molecule has 0 aliphatic carbocycles. The minimum atomic E-state index is -0.274. The van der Waals surface area contributed by atoms with Gasteiger partial charge in [-0.05, 0) is 42.7 Å². The van der Waals surface area contributed by atoms with Crippen molar-refractivity contribution in [1.82, 2.24) is 4.90 Å². The molecule has 1 N–H and O–H groups in total. The summed E-state index contributed by atoms with van der Waals surface area (Å²) in [6, 6.07) is 15.6. The summed E-state index contributed by atoms with van der Waals surface area (Å²) in [5.74, 6) is 2.70. The van der Waals surface area contributed by atoms with Crippen molar-refractivity contribution in [3.63, 3.8) is 0 Å². The minimum absolute atomic E-state index is 0.239. The Morgan fingerprint density at radius 3 is 2.39 bits per heavy atom. The Morgan fingerprint density at radius 2 is 1.79 bits per heavy atom. The topological polar surface area (TPSA) is 68.2 Å². The van der Waals surface area contributed by atoms with Gasteiger partial charge in [0.2, 0.25) is 0 Å².